The van der Waals surface area contributed by atoms with Gasteiger partial charge in [0.05, 0.1) is 11.4 Å². The summed E-state index contributed by atoms with van der Waals surface area (Å²) in [5, 5.41) is 4.45. The second-order valence-electron chi connectivity index (χ2n) is 3.61. The number of halogens is 3. The predicted octanol–water partition coefficient (Wildman–Crippen LogP) is 2.29. The second kappa shape index (κ2) is 3.40. The fraction of sp³-hybridized carbons (Fsp3) is 0.300. The minimum Gasteiger partial charge on any atom is -0.365 e. The highest BCUT2D eigenvalue weighted by molar-refractivity contribution is 6.04. The zero-order valence-electron chi connectivity index (χ0n) is 8.35. The van der Waals surface area contributed by atoms with Crippen LogP contribution >= 0.6 is 0 Å². The number of para-hydroxylation sites is 1. The third kappa shape index (κ3) is 1.70. The fourth-order valence-electron chi connectivity index (χ4n) is 1.60. The normalized spacial score (nSPS) is 19.8. The van der Waals surface area contributed by atoms with Crippen molar-refractivity contribution in [2.75, 3.05) is 10.6 Å². The molecule has 1 aromatic rings. The molecule has 1 aliphatic rings. The Morgan fingerprint density at radius 3 is 2.62 bits per heavy atom. The molecule has 0 unspecified atom stereocenters. The number of aryl methyl sites for hydroxylation is 1. The molecule has 0 radical (unpaired) electrons. The maximum atomic E-state index is 12.5. The van der Waals surface area contributed by atoms with Gasteiger partial charge in [-0.1, -0.05) is 12.1 Å². The summed E-state index contributed by atoms with van der Waals surface area (Å²) in [6.07, 6.45) is -4.59. The topological polar surface area (TPSA) is 41.1 Å². The average molecular weight is 230 g/mol. The molecule has 0 saturated carbocycles. The lowest BCUT2D eigenvalue weighted by molar-refractivity contribution is -0.156. The number of nitrogens with one attached hydrogen (secondary N) is 2. The average Bonchev–Trinajstić information content (AvgIpc) is 2.17. The molecule has 6 heteroatoms. The van der Waals surface area contributed by atoms with Crippen molar-refractivity contribution in [2.45, 2.75) is 19.1 Å². The van der Waals surface area contributed by atoms with E-state index >= 15 is 0 Å². The highest BCUT2D eigenvalue weighted by atomic mass is 19.4. The lowest BCUT2D eigenvalue weighted by Gasteiger charge is -2.29. The van der Waals surface area contributed by atoms with Crippen molar-refractivity contribution >= 4 is 17.3 Å². The van der Waals surface area contributed by atoms with Gasteiger partial charge in [0.1, 0.15) is 0 Å². The third-order valence-electron chi connectivity index (χ3n) is 2.41. The molecule has 1 amide bonds. The van der Waals surface area contributed by atoms with Gasteiger partial charge in [0, 0.05) is 0 Å². The summed E-state index contributed by atoms with van der Waals surface area (Å²) < 4.78 is 37.4. The molecule has 0 spiro atoms. The number of fused-ring (bicyclic) bond motifs is 1. The number of carbonyl (C=O) groups is 1. The van der Waals surface area contributed by atoms with Crippen molar-refractivity contribution in [3.05, 3.63) is 23.8 Å². The van der Waals surface area contributed by atoms with Gasteiger partial charge in [-0.05, 0) is 18.6 Å². The molecule has 1 aliphatic heterocycles. The van der Waals surface area contributed by atoms with Crippen LogP contribution in [0.2, 0.25) is 0 Å². The molecule has 3 nitrogen and oxygen atoms in total. The van der Waals surface area contributed by atoms with E-state index in [4.69, 9.17) is 0 Å². The quantitative estimate of drug-likeness (QED) is 0.718. The monoisotopic (exact) mass is 230 g/mol. The number of amides is 1. The van der Waals surface area contributed by atoms with Crippen molar-refractivity contribution in [3.63, 3.8) is 0 Å². The Kier molecular flexibility index (Phi) is 2.29. The number of benzene rings is 1. The minimum absolute atomic E-state index is 0.293. The molecule has 1 aromatic carbocycles. The molecule has 0 bridgehead atoms. The standard InChI is InChI=1S/C10H9F3N2O/c1-5-3-2-4-6-7(5)15-9(16)8(14-6)10(11,12)13/h2-4,8,14H,1H3,(H,15,16)/t8-/m1/s1. The van der Waals surface area contributed by atoms with Gasteiger partial charge in [0.2, 0.25) is 6.04 Å². The van der Waals surface area contributed by atoms with Crippen LogP contribution in [0.25, 0.3) is 0 Å². The molecule has 16 heavy (non-hydrogen) atoms. The van der Waals surface area contributed by atoms with Crippen LogP contribution in [0, 0.1) is 6.92 Å². The maximum absolute atomic E-state index is 12.5. The number of hydrogen-bond donors (Lipinski definition) is 2. The van der Waals surface area contributed by atoms with Gasteiger partial charge < -0.3 is 10.6 Å². The number of hydrogen-bond acceptors (Lipinski definition) is 2. The zero-order valence-corrected chi connectivity index (χ0v) is 8.35. The lowest BCUT2D eigenvalue weighted by atomic mass is 10.1. The Morgan fingerprint density at radius 1 is 1.31 bits per heavy atom. The summed E-state index contributed by atoms with van der Waals surface area (Å²) >= 11 is 0. The zero-order chi connectivity index (χ0) is 11.9. The first-order chi connectivity index (χ1) is 7.39. The molecular weight excluding hydrogens is 221 g/mol. The van der Waals surface area contributed by atoms with E-state index in [2.05, 4.69) is 10.6 Å². The second-order valence-corrected chi connectivity index (χ2v) is 3.61. The lowest BCUT2D eigenvalue weighted by Crippen LogP contribution is -2.49. The van der Waals surface area contributed by atoms with Crippen molar-refractivity contribution in [1.29, 1.82) is 0 Å². The molecule has 0 aromatic heterocycles. The van der Waals surface area contributed by atoms with E-state index in [1.165, 1.54) is 6.07 Å². The minimum atomic E-state index is -4.59. The number of rotatable bonds is 0. The Morgan fingerprint density at radius 2 is 2.00 bits per heavy atom. The number of carbonyl (C=O) groups excluding carboxylic acids is 1. The van der Waals surface area contributed by atoms with Crippen LogP contribution in [0.3, 0.4) is 0 Å². The summed E-state index contributed by atoms with van der Waals surface area (Å²) in [5.74, 6) is -1.07. The maximum Gasteiger partial charge on any atom is 0.417 e. The molecule has 1 heterocycles. The SMILES string of the molecule is Cc1cccc2c1NC(=O)[C@H](C(F)(F)F)N2. The first-order valence-corrected chi connectivity index (χ1v) is 4.63. The molecule has 0 saturated heterocycles. The van der Waals surface area contributed by atoms with Gasteiger partial charge in [-0.15, -0.1) is 0 Å². The van der Waals surface area contributed by atoms with Gasteiger partial charge in [0.15, 0.2) is 0 Å². The van der Waals surface area contributed by atoms with Gasteiger partial charge >= 0.3 is 6.18 Å². The van der Waals surface area contributed by atoms with E-state index in [9.17, 15) is 18.0 Å². The largest absolute Gasteiger partial charge is 0.417 e. The Labute approximate surface area is 89.6 Å². The summed E-state index contributed by atoms with van der Waals surface area (Å²) in [6.45, 7) is 1.72. The Balaban J connectivity index is 2.40. The summed E-state index contributed by atoms with van der Waals surface area (Å²) in [5.41, 5.74) is 1.42. The van der Waals surface area contributed by atoms with Crippen LogP contribution in [0.4, 0.5) is 24.5 Å². The van der Waals surface area contributed by atoms with E-state index < -0.39 is 18.1 Å². The van der Waals surface area contributed by atoms with E-state index in [0.717, 1.165) is 5.56 Å². The summed E-state index contributed by atoms with van der Waals surface area (Å²) in [6, 6.07) is 2.67. The molecule has 0 fully saturated rings. The number of anilines is 2. The van der Waals surface area contributed by atoms with E-state index in [0.29, 0.717) is 11.4 Å². The molecular formula is C10H9F3N2O. The van der Waals surface area contributed by atoms with E-state index in [1.54, 1.807) is 19.1 Å². The first kappa shape index (κ1) is 10.8. The van der Waals surface area contributed by atoms with Gasteiger partial charge in [-0.25, -0.2) is 0 Å². The Hall–Kier alpha value is -1.72. The van der Waals surface area contributed by atoms with Gasteiger partial charge in [-0.3, -0.25) is 4.79 Å². The van der Waals surface area contributed by atoms with Crippen LogP contribution in [0.5, 0.6) is 0 Å². The molecule has 2 N–H and O–H groups in total. The van der Waals surface area contributed by atoms with Gasteiger partial charge in [-0.2, -0.15) is 13.2 Å². The Bertz CT molecular complexity index is 442. The van der Waals surface area contributed by atoms with Gasteiger partial charge in [0.25, 0.3) is 5.91 Å². The van der Waals surface area contributed by atoms with Crippen molar-refractivity contribution < 1.29 is 18.0 Å². The van der Waals surface area contributed by atoms with Crippen LogP contribution in [-0.4, -0.2) is 18.1 Å². The highest BCUT2D eigenvalue weighted by Crippen LogP contribution is 2.34. The van der Waals surface area contributed by atoms with Crippen molar-refractivity contribution in [2.24, 2.45) is 0 Å². The highest BCUT2D eigenvalue weighted by Gasteiger charge is 2.47. The number of alkyl halides is 3. The summed E-state index contributed by atoms with van der Waals surface area (Å²) in [7, 11) is 0. The van der Waals surface area contributed by atoms with Crippen molar-refractivity contribution in [3.8, 4) is 0 Å². The molecule has 2 rings (SSSR count). The third-order valence-corrected chi connectivity index (χ3v) is 2.41. The molecule has 86 valence electrons. The van der Waals surface area contributed by atoms with Crippen LogP contribution < -0.4 is 10.6 Å². The fourth-order valence-corrected chi connectivity index (χ4v) is 1.60. The van der Waals surface area contributed by atoms with E-state index in [-0.39, 0.29) is 0 Å². The summed E-state index contributed by atoms with van der Waals surface area (Å²) in [4.78, 5) is 11.3. The smallest absolute Gasteiger partial charge is 0.365 e. The predicted molar refractivity (Wildman–Crippen MR) is 53.3 cm³/mol. The van der Waals surface area contributed by atoms with Crippen LogP contribution in [0.15, 0.2) is 18.2 Å². The molecule has 0 aliphatic carbocycles. The van der Waals surface area contributed by atoms with Crippen LogP contribution in [0.1, 0.15) is 5.56 Å². The van der Waals surface area contributed by atoms with E-state index in [1.807, 2.05) is 0 Å². The first-order valence-electron chi connectivity index (χ1n) is 4.63. The van der Waals surface area contributed by atoms with Crippen LogP contribution in [-0.2, 0) is 4.79 Å². The molecule has 1 atom stereocenters. The van der Waals surface area contributed by atoms with Crippen molar-refractivity contribution in [1.82, 2.24) is 0 Å².